The number of benzene rings is 2. The molecule has 1 amide bonds. The smallest absolute Gasteiger partial charge is 0.406 e. The summed E-state index contributed by atoms with van der Waals surface area (Å²) >= 11 is 5.78. The number of nitrogens with zero attached hydrogens (tertiary/aromatic N) is 3. The molecular formula is C20H18ClF3N6O4S. The number of rotatable bonds is 8. The monoisotopic (exact) mass is 530 g/mol. The molecular weight excluding hydrogens is 513 g/mol. The van der Waals surface area contributed by atoms with Gasteiger partial charge in [-0.15, -0.1) is 0 Å². The fourth-order valence-electron chi connectivity index (χ4n) is 2.73. The summed E-state index contributed by atoms with van der Waals surface area (Å²) in [6.07, 6.45) is -3.30. The predicted octanol–water partition coefficient (Wildman–Crippen LogP) is 4.10. The Morgan fingerprint density at radius 1 is 1.20 bits per heavy atom. The summed E-state index contributed by atoms with van der Waals surface area (Å²) in [6, 6.07) is 11.7. The number of carbonyl (C=O) groups is 1. The SMILES string of the molecule is CS(=O)(=O)N=CNCNc1cccc(NC(=O)Oc2cnn(-c3ccc(Cl)cc3)c2C(F)(F)F)c1. The van der Waals surface area contributed by atoms with Gasteiger partial charge in [0, 0.05) is 16.4 Å². The first-order valence-electron chi connectivity index (χ1n) is 9.63. The molecule has 2 aromatic carbocycles. The second-order valence-electron chi connectivity index (χ2n) is 6.86. The standard InChI is InChI=1S/C20H18ClF3N6O4S/c1-35(32,33)28-12-25-11-26-14-3-2-4-15(9-14)29-19(31)34-17-10-27-30(18(17)20(22,23)24)16-7-5-13(21)6-8-16/h2-10,12,26H,11H2,1H3,(H,25,28)(H,29,31). The Bertz CT molecular complexity index is 1330. The van der Waals surface area contributed by atoms with Crippen LogP contribution >= 0.6 is 11.6 Å². The van der Waals surface area contributed by atoms with Gasteiger partial charge >= 0.3 is 12.3 Å². The highest BCUT2D eigenvalue weighted by atomic mass is 35.5. The highest BCUT2D eigenvalue weighted by Gasteiger charge is 2.40. The summed E-state index contributed by atoms with van der Waals surface area (Å²) in [5.41, 5.74) is -0.462. The Kier molecular flexibility index (Phi) is 7.86. The van der Waals surface area contributed by atoms with Crippen molar-refractivity contribution in [3.05, 3.63) is 65.4 Å². The molecule has 0 saturated heterocycles. The van der Waals surface area contributed by atoms with Gasteiger partial charge in [-0.05, 0) is 42.5 Å². The van der Waals surface area contributed by atoms with Crippen molar-refractivity contribution in [2.75, 3.05) is 23.6 Å². The van der Waals surface area contributed by atoms with Crippen LogP contribution < -0.4 is 20.7 Å². The maximum Gasteiger partial charge on any atom is 0.437 e. The van der Waals surface area contributed by atoms with Crippen LogP contribution in [-0.2, 0) is 16.2 Å². The number of carbonyl (C=O) groups excluding carboxylic acids is 1. The maximum absolute atomic E-state index is 13.7. The molecule has 3 aromatic rings. The van der Waals surface area contributed by atoms with Crippen LogP contribution in [0.5, 0.6) is 5.75 Å². The van der Waals surface area contributed by atoms with Crippen LogP contribution in [0.3, 0.4) is 0 Å². The van der Waals surface area contributed by atoms with Gasteiger partial charge in [0.25, 0.3) is 10.0 Å². The summed E-state index contributed by atoms with van der Waals surface area (Å²) in [5.74, 6) is -0.784. The molecule has 35 heavy (non-hydrogen) atoms. The van der Waals surface area contributed by atoms with Crippen LogP contribution in [0.25, 0.3) is 5.69 Å². The fraction of sp³-hybridized carbons (Fsp3) is 0.150. The zero-order valence-corrected chi connectivity index (χ0v) is 19.4. The largest absolute Gasteiger partial charge is 0.437 e. The van der Waals surface area contributed by atoms with Crippen LogP contribution in [0, 0.1) is 0 Å². The molecule has 0 spiro atoms. The number of anilines is 2. The van der Waals surface area contributed by atoms with E-state index < -0.39 is 33.7 Å². The number of nitrogens with one attached hydrogen (secondary N) is 3. The van der Waals surface area contributed by atoms with Crippen LogP contribution in [0.2, 0.25) is 5.02 Å². The molecule has 1 aromatic heterocycles. The molecule has 0 bridgehead atoms. The lowest BCUT2D eigenvalue weighted by Gasteiger charge is -2.13. The third-order valence-corrected chi connectivity index (χ3v) is 4.86. The number of aromatic nitrogens is 2. The van der Waals surface area contributed by atoms with E-state index in [1.807, 2.05) is 0 Å². The molecule has 10 nitrogen and oxygen atoms in total. The molecule has 186 valence electrons. The van der Waals surface area contributed by atoms with Gasteiger partial charge in [-0.1, -0.05) is 17.7 Å². The molecule has 1 heterocycles. The lowest BCUT2D eigenvalue weighted by molar-refractivity contribution is -0.143. The molecule has 0 unspecified atom stereocenters. The third-order valence-electron chi connectivity index (χ3n) is 4.12. The lowest BCUT2D eigenvalue weighted by atomic mass is 10.3. The van der Waals surface area contributed by atoms with Gasteiger partial charge in [0.15, 0.2) is 11.4 Å². The molecule has 0 fully saturated rings. The van der Waals surface area contributed by atoms with Crippen LogP contribution in [0.4, 0.5) is 29.3 Å². The highest BCUT2D eigenvalue weighted by molar-refractivity contribution is 7.89. The number of alkyl halides is 3. The summed E-state index contributed by atoms with van der Waals surface area (Å²) < 4.78 is 71.8. The molecule has 0 aliphatic heterocycles. The van der Waals surface area contributed by atoms with E-state index in [1.54, 1.807) is 12.1 Å². The van der Waals surface area contributed by atoms with E-state index in [-0.39, 0.29) is 18.0 Å². The average molecular weight is 531 g/mol. The Hall–Kier alpha value is -3.78. The van der Waals surface area contributed by atoms with Gasteiger partial charge in [0.05, 0.1) is 24.8 Å². The summed E-state index contributed by atoms with van der Waals surface area (Å²) in [6.45, 7) is 0.103. The number of halogens is 4. The highest BCUT2D eigenvalue weighted by Crippen LogP contribution is 2.38. The molecule has 0 saturated carbocycles. The van der Waals surface area contributed by atoms with Crippen LogP contribution in [-0.4, -0.2) is 43.6 Å². The Balaban J connectivity index is 1.68. The number of hydrogen-bond acceptors (Lipinski definition) is 6. The molecule has 0 aliphatic carbocycles. The van der Waals surface area contributed by atoms with Crippen molar-refractivity contribution in [2.45, 2.75) is 6.18 Å². The number of sulfonamides is 1. The molecule has 3 rings (SSSR count). The second-order valence-corrected chi connectivity index (χ2v) is 8.98. The third kappa shape index (κ3) is 7.61. The number of amides is 1. The maximum atomic E-state index is 13.7. The first kappa shape index (κ1) is 25.8. The van der Waals surface area contributed by atoms with Crippen molar-refractivity contribution in [3.63, 3.8) is 0 Å². The Morgan fingerprint density at radius 2 is 1.89 bits per heavy atom. The van der Waals surface area contributed by atoms with E-state index in [0.717, 1.165) is 18.8 Å². The predicted molar refractivity (Wildman–Crippen MR) is 125 cm³/mol. The summed E-state index contributed by atoms with van der Waals surface area (Å²) in [4.78, 5) is 12.3. The van der Waals surface area contributed by atoms with Gasteiger partial charge in [0.2, 0.25) is 0 Å². The lowest BCUT2D eigenvalue weighted by Crippen LogP contribution is -2.21. The van der Waals surface area contributed by atoms with Gasteiger partial charge in [-0.25, -0.2) is 17.9 Å². The van der Waals surface area contributed by atoms with E-state index in [4.69, 9.17) is 16.3 Å². The number of ether oxygens (including phenoxy) is 1. The van der Waals surface area contributed by atoms with Crippen molar-refractivity contribution in [2.24, 2.45) is 4.40 Å². The van der Waals surface area contributed by atoms with Crippen molar-refractivity contribution in [3.8, 4) is 11.4 Å². The van der Waals surface area contributed by atoms with Crippen molar-refractivity contribution in [1.82, 2.24) is 15.1 Å². The molecule has 0 radical (unpaired) electrons. The van der Waals surface area contributed by atoms with Gasteiger partial charge < -0.3 is 15.4 Å². The van der Waals surface area contributed by atoms with Crippen LogP contribution in [0.15, 0.2) is 59.1 Å². The van der Waals surface area contributed by atoms with E-state index >= 15 is 0 Å². The molecule has 0 aliphatic rings. The molecule has 0 atom stereocenters. The van der Waals surface area contributed by atoms with E-state index in [9.17, 15) is 26.4 Å². The first-order valence-corrected chi connectivity index (χ1v) is 11.9. The van der Waals surface area contributed by atoms with E-state index in [1.165, 1.54) is 36.4 Å². The number of hydrogen-bond donors (Lipinski definition) is 3. The zero-order chi connectivity index (χ0) is 25.6. The summed E-state index contributed by atoms with van der Waals surface area (Å²) in [5, 5.41) is 11.9. The minimum Gasteiger partial charge on any atom is -0.406 e. The van der Waals surface area contributed by atoms with Gasteiger partial charge in [0.1, 0.15) is 6.34 Å². The topological polar surface area (TPSA) is 127 Å². The fourth-order valence-corrected chi connectivity index (χ4v) is 3.12. The zero-order valence-electron chi connectivity index (χ0n) is 17.9. The molecule has 15 heteroatoms. The molecule has 3 N–H and O–H groups in total. The quantitative estimate of drug-likeness (QED) is 0.173. The van der Waals surface area contributed by atoms with Gasteiger partial charge in [-0.3, -0.25) is 5.32 Å². The minimum absolute atomic E-state index is 0.0750. The minimum atomic E-state index is -4.87. The summed E-state index contributed by atoms with van der Waals surface area (Å²) in [7, 11) is -3.51. The first-order chi connectivity index (χ1) is 16.4. The Labute approximate surface area is 202 Å². The normalized spacial score (nSPS) is 11.9. The average Bonchev–Trinajstić information content (AvgIpc) is 3.17. The second kappa shape index (κ2) is 10.7. The Morgan fingerprint density at radius 3 is 2.54 bits per heavy atom. The van der Waals surface area contributed by atoms with Crippen LogP contribution in [0.1, 0.15) is 5.69 Å². The van der Waals surface area contributed by atoms with Crippen molar-refractivity contribution < 1.29 is 31.1 Å². The van der Waals surface area contributed by atoms with Crippen molar-refractivity contribution in [1.29, 1.82) is 0 Å². The van der Waals surface area contributed by atoms with E-state index in [2.05, 4.69) is 25.4 Å². The van der Waals surface area contributed by atoms with Crippen molar-refractivity contribution >= 4 is 45.4 Å². The van der Waals surface area contributed by atoms with Gasteiger partial charge in [-0.2, -0.15) is 22.7 Å². The van der Waals surface area contributed by atoms with E-state index in [0.29, 0.717) is 15.4 Å².